The van der Waals surface area contributed by atoms with Crippen LogP contribution in [0.2, 0.25) is 0 Å². The van der Waals surface area contributed by atoms with Crippen LogP contribution in [0.5, 0.6) is 11.5 Å². The van der Waals surface area contributed by atoms with Crippen molar-refractivity contribution in [2.24, 2.45) is 10.8 Å². The van der Waals surface area contributed by atoms with Gasteiger partial charge in [0.2, 0.25) is 0 Å². The lowest BCUT2D eigenvalue weighted by atomic mass is 10.1. The van der Waals surface area contributed by atoms with Crippen molar-refractivity contribution < 1.29 is 28.2 Å². The number of ether oxygens (including phenoxy) is 2. The van der Waals surface area contributed by atoms with Crippen molar-refractivity contribution in [1.29, 1.82) is 0 Å². The van der Waals surface area contributed by atoms with Gasteiger partial charge in [-0.2, -0.15) is 5.10 Å². The molecule has 9 nitrogen and oxygen atoms in total. The number of hydrazone groups is 1. The lowest BCUT2D eigenvalue weighted by Crippen LogP contribution is -2.33. The second kappa shape index (κ2) is 10.3. The number of methoxy groups -OCH3 is 1. The molecule has 2 aromatic carbocycles. The minimum atomic E-state index is -1.08. The van der Waals surface area contributed by atoms with Gasteiger partial charge in [-0.05, 0) is 43.3 Å². The van der Waals surface area contributed by atoms with E-state index >= 15 is 0 Å². The number of carbonyl (C=O) groups is 3. The molecule has 0 heterocycles. The van der Waals surface area contributed by atoms with Crippen molar-refractivity contribution >= 4 is 45.1 Å². The molecule has 0 saturated heterocycles. The molecule has 11 heteroatoms. The Labute approximate surface area is 179 Å². The molecule has 158 valence electrons. The number of halogens is 2. The molecular formula is C19H18BrFN4O5. The van der Waals surface area contributed by atoms with Gasteiger partial charge in [-0.15, -0.1) is 0 Å². The summed E-state index contributed by atoms with van der Waals surface area (Å²) in [6, 6.07) is 8.71. The molecule has 0 atom stereocenters. The van der Waals surface area contributed by atoms with E-state index in [1.165, 1.54) is 19.2 Å². The zero-order valence-corrected chi connectivity index (χ0v) is 17.6. The Balaban J connectivity index is 2.05. The highest BCUT2D eigenvalue weighted by atomic mass is 79.9. The van der Waals surface area contributed by atoms with Crippen molar-refractivity contribution in [3.05, 3.63) is 52.3 Å². The first-order valence-corrected chi connectivity index (χ1v) is 9.20. The number of nitrogens with two attached hydrogens (primary N) is 1. The molecule has 0 bridgehead atoms. The zero-order valence-electron chi connectivity index (χ0n) is 16.0. The molecule has 30 heavy (non-hydrogen) atoms. The second-order valence-corrected chi connectivity index (χ2v) is 6.75. The van der Waals surface area contributed by atoms with Crippen molar-refractivity contribution in [2.75, 3.05) is 19.0 Å². The van der Waals surface area contributed by atoms with Crippen LogP contribution in [0.15, 0.2) is 46.0 Å². The van der Waals surface area contributed by atoms with Gasteiger partial charge in [0.05, 0.1) is 18.5 Å². The first-order valence-electron chi connectivity index (χ1n) is 8.41. The first-order chi connectivity index (χ1) is 14.2. The number of primary amides is 1. The molecule has 0 aliphatic carbocycles. The van der Waals surface area contributed by atoms with Crippen LogP contribution < -0.4 is 25.9 Å². The molecular weight excluding hydrogens is 463 g/mol. The zero-order chi connectivity index (χ0) is 22.3. The van der Waals surface area contributed by atoms with E-state index in [1.54, 1.807) is 25.1 Å². The Bertz CT molecular complexity index is 1010. The number of amides is 3. The highest BCUT2D eigenvalue weighted by Gasteiger charge is 2.16. The Kier molecular flexibility index (Phi) is 7.87. The summed E-state index contributed by atoms with van der Waals surface area (Å²) >= 11 is 3.10. The fourth-order valence-corrected chi connectivity index (χ4v) is 2.51. The number of benzene rings is 2. The predicted octanol–water partition coefficient (Wildman–Crippen LogP) is 1.94. The van der Waals surface area contributed by atoms with Crippen molar-refractivity contribution in [1.82, 2.24) is 5.43 Å². The van der Waals surface area contributed by atoms with E-state index in [1.807, 2.05) is 0 Å². The number of nitrogens with zero attached hydrogens (tertiary/aromatic N) is 1. The van der Waals surface area contributed by atoms with E-state index in [9.17, 15) is 18.8 Å². The maximum absolute atomic E-state index is 13.8. The first kappa shape index (κ1) is 22.8. The molecule has 0 aromatic heterocycles. The smallest absolute Gasteiger partial charge is 0.329 e. The van der Waals surface area contributed by atoms with Gasteiger partial charge < -0.3 is 20.5 Å². The largest absolute Gasteiger partial charge is 0.493 e. The van der Waals surface area contributed by atoms with Crippen LogP contribution in [-0.2, 0) is 14.4 Å². The maximum Gasteiger partial charge on any atom is 0.329 e. The van der Waals surface area contributed by atoms with Crippen LogP contribution in [0.4, 0.5) is 10.1 Å². The summed E-state index contributed by atoms with van der Waals surface area (Å²) in [5, 5.41) is 6.02. The molecule has 2 rings (SSSR count). The van der Waals surface area contributed by atoms with E-state index in [4.69, 9.17) is 15.2 Å². The van der Waals surface area contributed by atoms with Crippen molar-refractivity contribution in [3.63, 3.8) is 0 Å². The minimum Gasteiger partial charge on any atom is -0.493 e. The molecule has 0 saturated carbocycles. The molecule has 0 unspecified atom stereocenters. The van der Waals surface area contributed by atoms with E-state index in [0.29, 0.717) is 27.2 Å². The van der Waals surface area contributed by atoms with Gasteiger partial charge in [0.25, 0.3) is 5.91 Å². The normalized spacial score (nSPS) is 10.9. The highest BCUT2D eigenvalue weighted by Crippen LogP contribution is 2.28. The topological polar surface area (TPSA) is 132 Å². The average molecular weight is 481 g/mol. The van der Waals surface area contributed by atoms with Crippen LogP contribution in [-0.4, -0.2) is 37.1 Å². The molecule has 0 fully saturated rings. The van der Waals surface area contributed by atoms with E-state index in [-0.39, 0.29) is 12.3 Å². The third-order valence-corrected chi connectivity index (χ3v) is 4.16. The van der Waals surface area contributed by atoms with E-state index in [0.717, 1.165) is 6.07 Å². The second-order valence-electron chi connectivity index (χ2n) is 5.84. The van der Waals surface area contributed by atoms with Gasteiger partial charge in [-0.3, -0.25) is 14.4 Å². The molecule has 3 amide bonds. The number of rotatable bonds is 7. The summed E-state index contributed by atoms with van der Waals surface area (Å²) in [7, 11) is 1.41. The quantitative estimate of drug-likeness (QED) is 0.316. The van der Waals surface area contributed by atoms with E-state index < -0.39 is 23.5 Å². The van der Waals surface area contributed by atoms with Gasteiger partial charge >= 0.3 is 11.8 Å². The third kappa shape index (κ3) is 6.27. The summed E-state index contributed by atoms with van der Waals surface area (Å²) in [5.41, 5.74) is 7.90. The van der Waals surface area contributed by atoms with Crippen LogP contribution in [0.1, 0.15) is 12.5 Å². The maximum atomic E-state index is 13.8. The van der Waals surface area contributed by atoms with Crippen LogP contribution in [0.3, 0.4) is 0 Å². The molecule has 0 spiro atoms. The minimum absolute atomic E-state index is 0.143. The van der Waals surface area contributed by atoms with Gasteiger partial charge in [0.15, 0.2) is 18.1 Å². The molecule has 0 aliphatic heterocycles. The van der Waals surface area contributed by atoms with E-state index in [2.05, 4.69) is 31.8 Å². The number of nitrogens with one attached hydrogen (secondary N) is 2. The number of anilines is 1. The summed E-state index contributed by atoms with van der Waals surface area (Å²) in [6.07, 6.45) is 0. The van der Waals surface area contributed by atoms with Gasteiger partial charge in [-0.25, -0.2) is 9.82 Å². The lowest BCUT2D eigenvalue weighted by Gasteiger charge is -2.11. The van der Waals surface area contributed by atoms with Crippen molar-refractivity contribution in [2.45, 2.75) is 6.92 Å². The molecule has 0 radical (unpaired) electrons. The third-order valence-electron chi connectivity index (χ3n) is 3.66. The molecule has 4 N–H and O–H groups in total. The summed E-state index contributed by atoms with van der Waals surface area (Å²) in [5.74, 6) is -2.88. The van der Waals surface area contributed by atoms with Gasteiger partial charge in [0, 0.05) is 10.0 Å². The Morgan fingerprint density at radius 1 is 1.13 bits per heavy atom. The fourth-order valence-electron chi connectivity index (χ4n) is 2.18. The SMILES string of the molecule is COc1cc(/C(C)=N/NC(=O)C(=O)Nc2ccc(Br)cc2F)ccc1OCC(N)=O. The van der Waals surface area contributed by atoms with Crippen LogP contribution in [0, 0.1) is 5.82 Å². The Morgan fingerprint density at radius 3 is 2.50 bits per heavy atom. The summed E-state index contributed by atoms with van der Waals surface area (Å²) < 4.78 is 24.7. The fraction of sp³-hybridized carbons (Fsp3) is 0.158. The van der Waals surface area contributed by atoms with Crippen LogP contribution in [0.25, 0.3) is 0 Å². The Hall–Kier alpha value is -3.47. The lowest BCUT2D eigenvalue weighted by molar-refractivity contribution is -0.136. The van der Waals surface area contributed by atoms with Crippen LogP contribution >= 0.6 is 15.9 Å². The predicted molar refractivity (Wildman–Crippen MR) is 111 cm³/mol. The van der Waals surface area contributed by atoms with Crippen molar-refractivity contribution in [3.8, 4) is 11.5 Å². The molecule has 0 aliphatic rings. The highest BCUT2D eigenvalue weighted by molar-refractivity contribution is 9.10. The Morgan fingerprint density at radius 2 is 1.87 bits per heavy atom. The molecule has 2 aromatic rings. The average Bonchev–Trinajstić information content (AvgIpc) is 2.71. The van der Waals surface area contributed by atoms with Gasteiger partial charge in [0.1, 0.15) is 5.82 Å². The van der Waals surface area contributed by atoms with Gasteiger partial charge in [-0.1, -0.05) is 15.9 Å². The monoisotopic (exact) mass is 480 g/mol. The summed E-state index contributed by atoms with van der Waals surface area (Å²) in [4.78, 5) is 34.7. The number of carbonyl (C=O) groups excluding carboxylic acids is 3. The standard InChI is InChI=1S/C19H18BrFN4O5/c1-10(11-3-6-15(16(7-11)29-2)30-9-17(22)26)24-25-19(28)18(27)23-14-5-4-12(20)8-13(14)21/h3-8H,9H2,1-2H3,(H2,22,26)(H,23,27)(H,25,28)/b24-10+. The number of hydrogen-bond donors (Lipinski definition) is 3. The number of hydrogen-bond acceptors (Lipinski definition) is 6. The summed E-state index contributed by atoms with van der Waals surface area (Å²) in [6.45, 7) is 1.28.